The Hall–Kier alpha value is -1.85. The number of aromatic nitrogens is 3. The summed E-state index contributed by atoms with van der Waals surface area (Å²) in [6, 6.07) is 0. The topological polar surface area (TPSA) is 94.0 Å². The van der Waals surface area contributed by atoms with Crippen LogP contribution >= 0.6 is 0 Å². The molecule has 0 fully saturated rings. The van der Waals surface area contributed by atoms with Crippen LogP contribution in [0.15, 0.2) is 12.7 Å². The summed E-state index contributed by atoms with van der Waals surface area (Å²) in [7, 11) is 0. The second-order valence-electron chi connectivity index (χ2n) is 2.09. The summed E-state index contributed by atoms with van der Waals surface area (Å²) in [5.41, 5.74) is 5.34. The van der Waals surface area contributed by atoms with E-state index in [1.807, 2.05) is 0 Å². The van der Waals surface area contributed by atoms with E-state index in [-0.39, 0.29) is 11.8 Å². The fourth-order valence-electron chi connectivity index (χ4n) is 0.782. The summed E-state index contributed by atoms with van der Waals surface area (Å²) in [6.45, 7) is 3.74. The van der Waals surface area contributed by atoms with Gasteiger partial charge in [-0.1, -0.05) is 6.08 Å². The molecule has 0 aromatic carbocycles. The smallest absolute Gasteiger partial charge is 0.374 e. The first-order chi connectivity index (χ1) is 5.66. The molecule has 64 valence electrons. The van der Waals surface area contributed by atoms with Crippen molar-refractivity contribution in [3.8, 4) is 0 Å². The minimum Gasteiger partial charge on any atom is -0.475 e. The highest BCUT2D eigenvalue weighted by molar-refractivity contribution is 5.83. The summed E-state index contributed by atoms with van der Waals surface area (Å²) in [5.74, 6) is -1.25. The van der Waals surface area contributed by atoms with Crippen molar-refractivity contribution in [3.63, 3.8) is 0 Å². The molecule has 0 atom stereocenters. The number of carbonyl (C=O) groups is 1. The van der Waals surface area contributed by atoms with Gasteiger partial charge in [-0.25, -0.2) is 4.79 Å². The van der Waals surface area contributed by atoms with Gasteiger partial charge >= 0.3 is 5.97 Å². The van der Waals surface area contributed by atoms with E-state index in [9.17, 15) is 4.79 Å². The molecule has 6 nitrogen and oxygen atoms in total. The van der Waals surface area contributed by atoms with Crippen LogP contribution in [0.25, 0.3) is 0 Å². The Labute approximate surface area is 68.3 Å². The zero-order chi connectivity index (χ0) is 9.14. The van der Waals surface area contributed by atoms with Gasteiger partial charge in [0.1, 0.15) is 0 Å². The maximum atomic E-state index is 10.5. The number of rotatable bonds is 3. The molecule has 0 amide bonds. The molecule has 1 aromatic heterocycles. The second kappa shape index (κ2) is 3.04. The molecule has 0 spiro atoms. The maximum absolute atomic E-state index is 10.5. The van der Waals surface area contributed by atoms with Crippen LogP contribution < -0.4 is 5.73 Å². The Kier molecular flexibility index (Phi) is 2.09. The van der Waals surface area contributed by atoms with Crippen LogP contribution in [-0.2, 0) is 6.54 Å². The fraction of sp³-hybridized carbons (Fsp3) is 0.167. The summed E-state index contributed by atoms with van der Waals surface area (Å²) < 4.78 is 1.26. The third-order valence-corrected chi connectivity index (χ3v) is 1.28. The lowest BCUT2D eigenvalue weighted by molar-refractivity contribution is 0.0678. The monoisotopic (exact) mass is 168 g/mol. The van der Waals surface area contributed by atoms with E-state index in [1.165, 1.54) is 10.6 Å². The number of hydrogen-bond acceptors (Lipinski definition) is 4. The van der Waals surface area contributed by atoms with Crippen LogP contribution in [-0.4, -0.2) is 25.8 Å². The number of carboxylic acids is 1. The molecule has 0 radical (unpaired) electrons. The first-order valence-corrected chi connectivity index (χ1v) is 3.19. The number of hydrogen-bond donors (Lipinski definition) is 2. The molecule has 0 aliphatic rings. The Morgan fingerprint density at radius 2 is 2.42 bits per heavy atom. The van der Waals surface area contributed by atoms with Gasteiger partial charge in [-0.05, 0) is 0 Å². The Balaban J connectivity index is 3.11. The van der Waals surface area contributed by atoms with Crippen LogP contribution in [0, 0.1) is 0 Å². The van der Waals surface area contributed by atoms with Crippen LogP contribution in [0.4, 0.5) is 5.95 Å². The average Bonchev–Trinajstić information content (AvgIpc) is 2.34. The minimum atomic E-state index is -1.15. The van der Waals surface area contributed by atoms with Gasteiger partial charge in [-0.3, -0.25) is 4.57 Å². The maximum Gasteiger partial charge on any atom is 0.374 e. The van der Waals surface area contributed by atoms with Crippen LogP contribution in [0.2, 0.25) is 0 Å². The standard InChI is InChI=1S/C6H8N4O2/c1-2-3-10-4(5(11)12)8-9-6(10)7/h2H,1,3H2,(H2,7,9)(H,11,12). The third-order valence-electron chi connectivity index (χ3n) is 1.28. The SMILES string of the molecule is C=CCn1c(N)nnc1C(=O)O. The molecule has 0 bridgehead atoms. The number of nitrogens with zero attached hydrogens (tertiary/aromatic N) is 3. The average molecular weight is 168 g/mol. The zero-order valence-electron chi connectivity index (χ0n) is 6.27. The summed E-state index contributed by atoms with van der Waals surface area (Å²) >= 11 is 0. The molecule has 1 aromatic rings. The lowest BCUT2D eigenvalue weighted by atomic mass is 10.5. The normalized spacial score (nSPS) is 9.67. The van der Waals surface area contributed by atoms with Crippen molar-refractivity contribution in [2.45, 2.75) is 6.54 Å². The molecule has 6 heteroatoms. The van der Waals surface area contributed by atoms with E-state index in [0.29, 0.717) is 6.54 Å². The predicted octanol–water partition coefficient (Wildman–Crippen LogP) is -0.255. The first-order valence-electron chi connectivity index (χ1n) is 3.19. The molecule has 0 aliphatic heterocycles. The molecule has 0 saturated heterocycles. The number of nitrogen functional groups attached to an aromatic ring is 1. The zero-order valence-corrected chi connectivity index (χ0v) is 6.27. The van der Waals surface area contributed by atoms with Gasteiger partial charge in [-0.15, -0.1) is 16.8 Å². The highest BCUT2D eigenvalue weighted by Crippen LogP contribution is 2.03. The molecular weight excluding hydrogens is 160 g/mol. The van der Waals surface area contributed by atoms with E-state index in [1.54, 1.807) is 0 Å². The van der Waals surface area contributed by atoms with Gasteiger partial charge in [0.25, 0.3) is 0 Å². The highest BCUT2D eigenvalue weighted by Gasteiger charge is 2.14. The second-order valence-corrected chi connectivity index (χ2v) is 2.09. The highest BCUT2D eigenvalue weighted by atomic mass is 16.4. The van der Waals surface area contributed by atoms with E-state index in [2.05, 4.69) is 16.8 Å². The lowest BCUT2D eigenvalue weighted by Gasteiger charge is -1.99. The van der Waals surface area contributed by atoms with Crippen molar-refractivity contribution < 1.29 is 9.90 Å². The number of nitrogens with two attached hydrogens (primary N) is 1. The lowest BCUT2D eigenvalue weighted by Crippen LogP contribution is -2.10. The number of aromatic carboxylic acids is 1. The van der Waals surface area contributed by atoms with Crippen molar-refractivity contribution in [2.75, 3.05) is 5.73 Å². The first kappa shape index (κ1) is 8.25. The molecule has 1 rings (SSSR count). The number of allylic oxidation sites excluding steroid dienone is 1. The molecule has 3 N–H and O–H groups in total. The fourth-order valence-corrected chi connectivity index (χ4v) is 0.782. The van der Waals surface area contributed by atoms with Gasteiger partial charge in [0.15, 0.2) is 0 Å². The molecular formula is C6H8N4O2. The third kappa shape index (κ3) is 1.26. The molecule has 0 saturated carbocycles. The van der Waals surface area contributed by atoms with Crippen LogP contribution in [0.1, 0.15) is 10.6 Å². The van der Waals surface area contributed by atoms with Gasteiger partial charge in [0, 0.05) is 6.54 Å². The number of carboxylic acid groups (broad SMARTS) is 1. The number of anilines is 1. The predicted molar refractivity (Wildman–Crippen MR) is 41.6 cm³/mol. The van der Waals surface area contributed by atoms with Gasteiger partial charge in [-0.2, -0.15) is 0 Å². The van der Waals surface area contributed by atoms with Crippen molar-refractivity contribution in [1.29, 1.82) is 0 Å². The van der Waals surface area contributed by atoms with Crippen LogP contribution in [0.3, 0.4) is 0 Å². The summed E-state index contributed by atoms with van der Waals surface area (Å²) in [4.78, 5) is 10.5. The van der Waals surface area contributed by atoms with E-state index in [4.69, 9.17) is 10.8 Å². The molecule has 12 heavy (non-hydrogen) atoms. The van der Waals surface area contributed by atoms with Crippen molar-refractivity contribution in [1.82, 2.24) is 14.8 Å². The van der Waals surface area contributed by atoms with Gasteiger partial charge in [0.05, 0.1) is 0 Å². The van der Waals surface area contributed by atoms with Gasteiger partial charge < -0.3 is 10.8 Å². The largest absolute Gasteiger partial charge is 0.475 e. The van der Waals surface area contributed by atoms with E-state index >= 15 is 0 Å². The van der Waals surface area contributed by atoms with Gasteiger partial charge in [0.2, 0.25) is 11.8 Å². The van der Waals surface area contributed by atoms with E-state index in [0.717, 1.165) is 0 Å². The Morgan fingerprint density at radius 1 is 1.75 bits per heavy atom. The van der Waals surface area contributed by atoms with Crippen molar-refractivity contribution in [3.05, 3.63) is 18.5 Å². The van der Waals surface area contributed by atoms with E-state index < -0.39 is 5.97 Å². The van der Waals surface area contributed by atoms with Crippen molar-refractivity contribution in [2.24, 2.45) is 0 Å². The Bertz CT molecular complexity index is 317. The quantitative estimate of drug-likeness (QED) is 0.606. The van der Waals surface area contributed by atoms with Crippen molar-refractivity contribution >= 4 is 11.9 Å². The summed E-state index contributed by atoms with van der Waals surface area (Å²) in [5, 5.41) is 15.4. The summed E-state index contributed by atoms with van der Waals surface area (Å²) in [6.07, 6.45) is 1.52. The molecule has 0 unspecified atom stereocenters. The Morgan fingerprint density at radius 3 is 2.92 bits per heavy atom. The molecule has 1 heterocycles. The van der Waals surface area contributed by atoms with Crippen LogP contribution in [0.5, 0.6) is 0 Å². The minimum absolute atomic E-state index is 0.0762. The molecule has 0 aliphatic carbocycles.